The fourth-order valence-corrected chi connectivity index (χ4v) is 1.82. The van der Waals surface area contributed by atoms with Crippen molar-refractivity contribution < 1.29 is 14.0 Å². The summed E-state index contributed by atoms with van der Waals surface area (Å²) >= 11 is 0. The minimum atomic E-state index is -0.494. The van der Waals surface area contributed by atoms with E-state index in [1.165, 1.54) is 18.2 Å². The number of hydrogen-bond donors (Lipinski definition) is 2. The predicted octanol–water partition coefficient (Wildman–Crippen LogP) is 3.10. The summed E-state index contributed by atoms with van der Waals surface area (Å²) in [7, 11) is 0. The monoisotopic (exact) mass is 286 g/mol. The van der Waals surface area contributed by atoms with Gasteiger partial charge in [-0.05, 0) is 36.8 Å². The van der Waals surface area contributed by atoms with E-state index in [-0.39, 0.29) is 6.42 Å². The average Bonchev–Trinajstić information content (AvgIpc) is 2.41. The topological polar surface area (TPSA) is 58.2 Å². The Morgan fingerprint density at radius 3 is 2.43 bits per heavy atom. The molecule has 21 heavy (non-hydrogen) atoms. The molecule has 2 N–H and O–H groups in total. The van der Waals surface area contributed by atoms with Crippen LogP contribution < -0.4 is 10.6 Å². The van der Waals surface area contributed by atoms with Crippen LogP contribution in [-0.2, 0) is 9.59 Å². The summed E-state index contributed by atoms with van der Waals surface area (Å²) in [6.45, 7) is 1.86. The molecule has 0 aliphatic heterocycles. The van der Waals surface area contributed by atoms with Crippen LogP contribution in [-0.4, -0.2) is 11.8 Å². The second kappa shape index (κ2) is 6.65. The molecule has 2 rings (SSSR count). The summed E-state index contributed by atoms with van der Waals surface area (Å²) in [5.41, 5.74) is 1.90. The number of carbonyl (C=O) groups excluding carboxylic acids is 2. The maximum Gasteiger partial charge on any atom is 0.233 e. The van der Waals surface area contributed by atoms with Crippen molar-refractivity contribution in [3.05, 3.63) is 59.9 Å². The highest BCUT2D eigenvalue weighted by atomic mass is 19.1. The van der Waals surface area contributed by atoms with Gasteiger partial charge in [-0.3, -0.25) is 9.59 Å². The summed E-state index contributed by atoms with van der Waals surface area (Å²) in [5.74, 6) is -1.36. The molecule has 0 saturated heterocycles. The predicted molar refractivity (Wildman–Crippen MR) is 79.5 cm³/mol. The number of benzene rings is 2. The van der Waals surface area contributed by atoms with Crippen molar-refractivity contribution in [3.8, 4) is 0 Å². The first-order valence-electron chi connectivity index (χ1n) is 6.45. The number of anilines is 2. The van der Waals surface area contributed by atoms with Gasteiger partial charge in [0.15, 0.2) is 0 Å². The number of carbonyl (C=O) groups is 2. The highest BCUT2D eigenvalue weighted by Gasteiger charge is 2.11. The molecule has 0 aliphatic carbocycles. The van der Waals surface area contributed by atoms with Gasteiger partial charge in [0.1, 0.15) is 12.2 Å². The Labute approximate surface area is 122 Å². The third-order valence-electron chi connectivity index (χ3n) is 2.85. The lowest BCUT2D eigenvalue weighted by Gasteiger charge is -2.08. The fourth-order valence-electron chi connectivity index (χ4n) is 1.82. The summed E-state index contributed by atoms with van der Waals surface area (Å²) in [6.07, 6.45) is -0.329. The van der Waals surface area contributed by atoms with Gasteiger partial charge in [0.2, 0.25) is 11.8 Å². The van der Waals surface area contributed by atoms with Gasteiger partial charge < -0.3 is 10.6 Å². The Balaban J connectivity index is 1.91. The first kappa shape index (κ1) is 14.7. The van der Waals surface area contributed by atoms with Crippen LogP contribution in [0.1, 0.15) is 12.0 Å². The van der Waals surface area contributed by atoms with E-state index in [1.54, 1.807) is 18.2 Å². The van der Waals surface area contributed by atoms with Gasteiger partial charge in [0.05, 0.1) is 0 Å². The van der Waals surface area contributed by atoms with Crippen LogP contribution in [0, 0.1) is 12.7 Å². The van der Waals surface area contributed by atoms with E-state index in [2.05, 4.69) is 10.6 Å². The fraction of sp³-hybridized carbons (Fsp3) is 0.125. The molecule has 2 aromatic rings. The molecule has 0 bridgehead atoms. The van der Waals surface area contributed by atoms with Crippen molar-refractivity contribution >= 4 is 23.2 Å². The SMILES string of the molecule is Cc1ccccc1NC(=O)CC(=O)Nc1cccc(F)c1. The summed E-state index contributed by atoms with van der Waals surface area (Å²) < 4.78 is 13.0. The van der Waals surface area contributed by atoms with E-state index >= 15 is 0 Å². The van der Waals surface area contributed by atoms with Crippen LogP contribution in [0.5, 0.6) is 0 Å². The Morgan fingerprint density at radius 1 is 1.00 bits per heavy atom. The Morgan fingerprint density at radius 2 is 1.71 bits per heavy atom. The minimum absolute atomic E-state index is 0.323. The molecular weight excluding hydrogens is 271 g/mol. The number of hydrogen-bond acceptors (Lipinski definition) is 2. The van der Waals surface area contributed by atoms with Crippen LogP contribution >= 0.6 is 0 Å². The minimum Gasteiger partial charge on any atom is -0.326 e. The summed E-state index contributed by atoms with van der Waals surface area (Å²) in [5, 5.41) is 5.14. The highest BCUT2D eigenvalue weighted by Crippen LogP contribution is 2.14. The molecular formula is C16H15FN2O2. The van der Waals surface area contributed by atoms with Gasteiger partial charge >= 0.3 is 0 Å². The molecule has 0 aliphatic rings. The second-order valence-electron chi connectivity index (χ2n) is 4.60. The lowest BCUT2D eigenvalue weighted by molar-refractivity contribution is -0.123. The third-order valence-corrected chi connectivity index (χ3v) is 2.85. The zero-order valence-corrected chi connectivity index (χ0v) is 11.5. The molecule has 2 aromatic carbocycles. The van der Waals surface area contributed by atoms with Gasteiger partial charge in [-0.15, -0.1) is 0 Å². The van der Waals surface area contributed by atoms with E-state index in [0.717, 1.165) is 5.56 Å². The van der Waals surface area contributed by atoms with Gasteiger partial charge in [0.25, 0.3) is 0 Å². The first-order valence-corrected chi connectivity index (χ1v) is 6.45. The number of halogens is 1. The summed E-state index contributed by atoms with van der Waals surface area (Å²) in [6, 6.07) is 12.8. The van der Waals surface area contributed by atoms with Gasteiger partial charge in [-0.2, -0.15) is 0 Å². The van der Waals surface area contributed by atoms with Gasteiger partial charge in [-0.1, -0.05) is 24.3 Å². The lowest BCUT2D eigenvalue weighted by atomic mass is 10.2. The summed E-state index contributed by atoms with van der Waals surface area (Å²) in [4.78, 5) is 23.5. The number of para-hydroxylation sites is 1. The second-order valence-corrected chi connectivity index (χ2v) is 4.60. The van der Waals surface area contributed by atoms with Crippen molar-refractivity contribution in [1.29, 1.82) is 0 Å². The molecule has 2 amide bonds. The molecule has 5 heteroatoms. The largest absolute Gasteiger partial charge is 0.326 e. The Hall–Kier alpha value is -2.69. The maximum atomic E-state index is 13.0. The van der Waals surface area contributed by atoms with Crippen LogP contribution in [0.25, 0.3) is 0 Å². The van der Waals surface area contributed by atoms with E-state index in [1.807, 2.05) is 19.1 Å². The van der Waals surface area contributed by atoms with Crippen LogP contribution in [0.3, 0.4) is 0 Å². The van der Waals surface area contributed by atoms with Crippen LogP contribution in [0.2, 0.25) is 0 Å². The molecule has 108 valence electrons. The zero-order chi connectivity index (χ0) is 15.2. The Kier molecular flexibility index (Phi) is 4.66. The van der Waals surface area contributed by atoms with Crippen molar-refractivity contribution in [2.24, 2.45) is 0 Å². The van der Waals surface area contributed by atoms with E-state index < -0.39 is 17.6 Å². The van der Waals surface area contributed by atoms with Crippen LogP contribution in [0.15, 0.2) is 48.5 Å². The molecule has 4 nitrogen and oxygen atoms in total. The van der Waals surface area contributed by atoms with E-state index in [0.29, 0.717) is 11.4 Å². The van der Waals surface area contributed by atoms with Crippen molar-refractivity contribution in [2.75, 3.05) is 10.6 Å². The number of aryl methyl sites for hydroxylation is 1. The average molecular weight is 286 g/mol. The van der Waals surface area contributed by atoms with Gasteiger partial charge in [0, 0.05) is 11.4 Å². The van der Waals surface area contributed by atoms with Gasteiger partial charge in [-0.25, -0.2) is 4.39 Å². The van der Waals surface area contributed by atoms with E-state index in [4.69, 9.17) is 0 Å². The molecule has 0 saturated carbocycles. The number of nitrogens with one attached hydrogen (secondary N) is 2. The number of rotatable bonds is 4. The molecule has 0 radical (unpaired) electrons. The van der Waals surface area contributed by atoms with Crippen molar-refractivity contribution in [1.82, 2.24) is 0 Å². The molecule has 0 aromatic heterocycles. The highest BCUT2D eigenvalue weighted by molar-refractivity contribution is 6.08. The number of amides is 2. The van der Waals surface area contributed by atoms with Crippen molar-refractivity contribution in [2.45, 2.75) is 13.3 Å². The quantitative estimate of drug-likeness (QED) is 0.848. The molecule has 0 heterocycles. The lowest BCUT2D eigenvalue weighted by Crippen LogP contribution is -2.21. The first-order chi connectivity index (χ1) is 10.0. The Bertz CT molecular complexity index is 671. The molecule has 0 fully saturated rings. The molecule has 0 unspecified atom stereocenters. The van der Waals surface area contributed by atoms with Crippen LogP contribution in [0.4, 0.5) is 15.8 Å². The zero-order valence-electron chi connectivity index (χ0n) is 11.5. The normalized spacial score (nSPS) is 10.0. The van der Waals surface area contributed by atoms with E-state index in [9.17, 15) is 14.0 Å². The molecule has 0 spiro atoms. The maximum absolute atomic E-state index is 13.0. The smallest absolute Gasteiger partial charge is 0.233 e. The van der Waals surface area contributed by atoms with Crippen molar-refractivity contribution in [3.63, 3.8) is 0 Å². The molecule has 0 atom stereocenters. The standard InChI is InChI=1S/C16H15FN2O2/c1-11-5-2-3-8-14(11)19-16(21)10-15(20)18-13-7-4-6-12(17)9-13/h2-9H,10H2,1H3,(H,18,20)(H,19,21). The third kappa shape index (κ3) is 4.42.